The van der Waals surface area contributed by atoms with Gasteiger partial charge in [-0.1, -0.05) is 18.2 Å². The molecule has 0 aliphatic heterocycles. The molecule has 100 valence electrons. The molecule has 2 aromatic carbocycles. The summed E-state index contributed by atoms with van der Waals surface area (Å²) in [6.07, 6.45) is 0. The second-order valence-corrected chi connectivity index (χ2v) is 6.26. The molecule has 0 aliphatic rings. The first kappa shape index (κ1) is 13.4. The van der Waals surface area contributed by atoms with Gasteiger partial charge in [0.25, 0.3) is 0 Å². The van der Waals surface area contributed by atoms with Crippen LogP contribution in [0.1, 0.15) is 11.1 Å². The average Bonchev–Trinajstić information content (AvgIpc) is 2.34. The highest BCUT2D eigenvalue weighted by Crippen LogP contribution is 2.32. The van der Waals surface area contributed by atoms with Crippen LogP contribution in [0.15, 0.2) is 46.2 Å². The second-order valence-electron chi connectivity index (χ2n) is 4.38. The van der Waals surface area contributed by atoms with Crippen LogP contribution in [-0.2, 0) is 9.84 Å². The standard InChI is InChI=1S/C14H14O4S/c1-9-7-10(2)14(8-12(9)16)19(17,18)13-6-4-3-5-11(13)15/h3-8,15-16H,1-2H3. The van der Waals surface area contributed by atoms with E-state index in [4.69, 9.17) is 0 Å². The van der Waals surface area contributed by atoms with E-state index >= 15 is 0 Å². The van der Waals surface area contributed by atoms with E-state index in [0.717, 1.165) is 0 Å². The van der Waals surface area contributed by atoms with Crippen LogP contribution in [-0.4, -0.2) is 18.6 Å². The number of phenols is 2. The fraction of sp³-hybridized carbons (Fsp3) is 0.143. The Morgan fingerprint density at radius 3 is 2.11 bits per heavy atom. The van der Waals surface area contributed by atoms with Crippen molar-refractivity contribution in [2.24, 2.45) is 0 Å². The van der Waals surface area contributed by atoms with E-state index in [9.17, 15) is 18.6 Å². The lowest BCUT2D eigenvalue weighted by Crippen LogP contribution is -2.04. The maximum Gasteiger partial charge on any atom is 0.210 e. The van der Waals surface area contributed by atoms with Crippen LogP contribution in [0.3, 0.4) is 0 Å². The third-order valence-corrected chi connectivity index (χ3v) is 4.88. The first-order chi connectivity index (χ1) is 8.84. The van der Waals surface area contributed by atoms with Crippen molar-refractivity contribution in [1.29, 1.82) is 0 Å². The van der Waals surface area contributed by atoms with Crippen LogP contribution < -0.4 is 0 Å². The summed E-state index contributed by atoms with van der Waals surface area (Å²) in [6, 6.07) is 8.55. The van der Waals surface area contributed by atoms with Crippen molar-refractivity contribution in [1.82, 2.24) is 0 Å². The van der Waals surface area contributed by atoms with Crippen LogP contribution in [0.4, 0.5) is 0 Å². The summed E-state index contributed by atoms with van der Waals surface area (Å²) < 4.78 is 24.9. The fourth-order valence-electron chi connectivity index (χ4n) is 1.91. The molecule has 2 aromatic rings. The first-order valence-corrected chi connectivity index (χ1v) is 7.15. The Balaban J connectivity index is 2.71. The molecular weight excluding hydrogens is 264 g/mol. The van der Waals surface area contributed by atoms with E-state index in [1.807, 2.05) is 0 Å². The topological polar surface area (TPSA) is 74.6 Å². The number of sulfone groups is 1. The summed E-state index contributed by atoms with van der Waals surface area (Å²) in [6.45, 7) is 3.35. The molecule has 4 nitrogen and oxygen atoms in total. The minimum absolute atomic E-state index is 0.00269. The molecule has 0 fully saturated rings. The lowest BCUT2D eigenvalue weighted by molar-refractivity contribution is 0.458. The zero-order valence-electron chi connectivity index (χ0n) is 10.6. The summed E-state index contributed by atoms with van der Waals surface area (Å²) in [5.74, 6) is -0.387. The van der Waals surface area contributed by atoms with Gasteiger partial charge in [-0.3, -0.25) is 0 Å². The number of hydrogen-bond acceptors (Lipinski definition) is 4. The minimum atomic E-state index is -3.85. The maximum atomic E-state index is 12.5. The molecule has 19 heavy (non-hydrogen) atoms. The van der Waals surface area contributed by atoms with Crippen molar-refractivity contribution < 1.29 is 18.6 Å². The summed E-state index contributed by atoms with van der Waals surface area (Å²) in [4.78, 5) is -0.168. The molecule has 0 unspecified atom stereocenters. The molecule has 0 aromatic heterocycles. The SMILES string of the molecule is Cc1cc(C)c(S(=O)(=O)c2ccccc2O)cc1O. The van der Waals surface area contributed by atoms with Crippen molar-refractivity contribution >= 4 is 9.84 Å². The van der Waals surface area contributed by atoms with Crippen LogP contribution in [0, 0.1) is 13.8 Å². The average molecular weight is 278 g/mol. The number of para-hydroxylation sites is 1. The predicted molar refractivity (Wildman–Crippen MR) is 71.1 cm³/mol. The molecule has 0 saturated carbocycles. The number of aryl methyl sites for hydroxylation is 2. The van der Waals surface area contributed by atoms with Crippen molar-refractivity contribution in [2.75, 3.05) is 0 Å². The van der Waals surface area contributed by atoms with Crippen LogP contribution in [0.2, 0.25) is 0 Å². The lowest BCUT2D eigenvalue weighted by Gasteiger charge is -2.11. The lowest BCUT2D eigenvalue weighted by atomic mass is 10.1. The van der Waals surface area contributed by atoms with Gasteiger partial charge in [-0.15, -0.1) is 0 Å². The Kier molecular flexibility index (Phi) is 3.24. The molecule has 2 N–H and O–H groups in total. The molecule has 0 bridgehead atoms. The van der Waals surface area contributed by atoms with Gasteiger partial charge in [0.2, 0.25) is 9.84 Å². The highest BCUT2D eigenvalue weighted by Gasteiger charge is 2.23. The van der Waals surface area contributed by atoms with Gasteiger partial charge in [-0.05, 0) is 43.2 Å². The molecule has 0 spiro atoms. The Morgan fingerprint density at radius 1 is 0.842 bits per heavy atom. The van der Waals surface area contributed by atoms with Gasteiger partial charge < -0.3 is 10.2 Å². The van der Waals surface area contributed by atoms with E-state index in [1.165, 1.54) is 24.3 Å². The van der Waals surface area contributed by atoms with Gasteiger partial charge in [0.15, 0.2) is 0 Å². The van der Waals surface area contributed by atoms with E-state index in [1.54, 1.807) is 26.0 Å². The summed E-state index contributed by atoms with van der Waals surface area (Å²) in [5, 5.41) is 19.4. The zero-order valence-corrected chi connectivity index (χ0v) is 11.4. The minimum Gasteiger partial charge on any atom is -0.508 e. The van der Waals surface area contributed by atoms with Crippen molar-refractivity contribution in [3.8, 4) is 11.5 Å². The number of aromatic hydroxyl groups is 2. The molecule has 0 amide bonds. The highest BCUT2D eigenvalue weighted by atomic mass is 32.2. The quantitative estimate of drug-likeness (QED) is 0.885. The second kappa shape index (κ2) is 4.59. The van der Waals surface area contributed by atoms with Crippen LogP contribution in [0.25, 0.3) is 0 Å². The largest absolute Gasteiger partial charge is 0.508 e. The molecule has 0 saturated heterocycles. The zero-order chi connectivity index (χ0) is 14.2. The number of rotatable bonds is 2. The summed E-state index contributed by atoms with van der Waals surface area (Å²) in [7, 11) is -3.85. The number of hydrogen-bond donors (Lipinski definition) is 2. The molecule has 0 radical (unpaired) electrons. The fourth-order valence-corrected chi connectivity index (χ4v) is 3.50. The van der Waals surface area contributed by atoms with E-state index < -0.39 is 9.84 Å². The third kappa shape index (κ3) is 2.29. The monoisotopic (exact) mass is 278 g/mol. The molecule has 2 rings (SSSR count). The summed E-state index contributed by atoms with van der Waals surface area (Å²) in [5.41, 5.74) is 1.13. The van der Waals surface area contributed by atoms with Crippen LogP contribution in [0.5, 0.6) is 11.5 Å². The maximum absolute atomic E-state index is 12.5. The van der Waals surface area contributed by atoms with E-state index in [2.05, 4.69) is 0 Å². The third-order valence-electron chi connectivity index (χ3n) is 2.94. The number of benzene rings is 2. The van der Waals surface area contributed by atoms with Crippen molar-refractivity contribution in [3.63, 3.8) is 0 Å². The Bertz CT molecular complexity index is 733. The van der Waals surface area contributed by atoms with Crippen LogP contribution >= 0.6 is 0 Å². The Labute approximate surface area is 111 Å². The highest BCUT2D eigenvalue weighted by molar-refractivity contribution is 7.91. The van der Waals surface area contributed by atoms with Gasteiger partial charge in [0, 0.05) is 0 Å². The molecule has 0 heterocycles. The molecule has 5 heteroatoms. The van der Waals surface area contributed by atoms with Gasteiger partial charge in [-0.25, -0.2) is 8.42 Å². The smallest absolute Gasteiger partial charge is 0.210 e. The molecular formula is C14H14O4S. The molecule has 0 atom stereocenters. The van der Waals surface area contributed by atoms with E-state index in [0.29, 0.717) is 11.1 Å². The predicted octanol–water partition coefficient (Wildman–Crippen LogP) is 2.55. The number of phenolic OH excluding ortho intramolecular Hbond substituents is 2. The van der Waals surface area contributed by atoms with Gasteiger partial charge in [0.05, 0.1) is 4.90 Å². The Hall–Kier alpha value is -2.01. The van der Waals surface area contributed by atoms with Crippen molar-refractivity contribution in [3.05, 3.63) is 47.5 Å². The molecule has 0 aliphatic carbocycles. The Morgan fingerprint density at radius 2 is 1.47 bits per heavy atom. The van der Waals surface area contributed by atoms with E-state index in [-0.39, 0.29) is 21.3 Å². The van der Waals surface area contributed by atoms with Crippen molar-refractivity contribution in [2.45, 2.75) is 23.6 Å². The first-order valence-electron chi connectivity index (χ1n) is 5.67. The summed E-state index contributed by atoms with van der Waals surface area (Å²) >= 11 is 0. The van der Waals surface area contributed by atoms with Gasteiger partial charge in [-0.2, -0.15) is 0 Å². The normalized spacial score (nSPS) is 11.5. The van der Waals surface area contributed by atoms with Gasteiger partial charge in [0.1, 0.15) is 16.4 Å². The van der Waals surface area contributed by atoms with Gasteiger partial charge >= 0.3 is 0 Å².